The van der Waals surface area contributed by atoms with Crippen molar-refractivity contribution in [3.05, 3.63) is 54.1 Å². The van der Waals surface area contributed by atoms with Gasteiger partial charge in [0.1, 0.15) is 5.75 Å². The van der Waals surface area contributed by atoms with E-state index >= 15 is 0 Å². The van der Waals surface area contributed by atoms with Crippen molar-refractivity contribution in [1.29, 1.82) is 0 Å². The molecule has 0 aliphatic carbocycles. The van der Waals surface area contributed by atoms with Gasteiger partial charge in [-0.1, -0.05) is 24.3 Å². The summed E-state index contributed by atoms with van der Waals surface area (Å²) in [7, 11) is 7.14. The van der Waals surface area contributed by atoms with Crippen molar-refractivity contribution in [2.24, 2.45) is 4.99 Å². The molecule has 6 nitrogen and oxygen atoms in total. The molecule has 0 fully saturated rings. The lowest BCUT2D eigenvalue weighted by atomic mass is 10.1. The van der Waals surface area contributed by atoms with Crippen LogP contribution in [-0.4, -0.2) is 58.9 Å². The minimum atomic E-state index is 0.670. The average Bonchev–Trinajstić information content (AvgIpc) is 2.75. The van der Waals surface area contributed by atoms with E-state index in [-0.39, 0.29) is 0 Å². The maximum absolute atomic E-state index is 5.71. The second kappa shape index (κ2) is 11.7. The van der Waals surface area contributed by atoms with E-state index in [1.54, 1.807) is 21.3 Å². The molecule has 1 N–H and O–H groups in total. The summed E-state index contributed by atoms with van der Waals surface area (Å²) in [5.41, 5.74) is 1.19. The van der Waals surface area contributed by atoms with Crippen molar-refractivity contribution in [3.63, 3.8) is 0 Å². The van der Waals surface area contributed by atoms with Gasteiger partial charge in [0.05, 0.1) is 20.8 Å². The highest BCUT2D eigenvalue weighted by Crippen LogP contribution is 2.27. The van der Waals surface area contributed by atoms with Gasteiger partial charge in [-0.15, -0.1) is 0 Å². The molecule has 28 heavy (non-hydrogen) atoms. The molecule has 0 radical (unpaired) electrons. The van der Waals surface area contributed by atoms with Crippen LogP contribution in [0, 0.1) is 0 Å². The number of hydrogen-bond acceptors (Lipinski definition) is 4. The van der Waals surface area contributed by atoms with E-state index in [1.165, 1.54) is 5.56 Å². The Morgan fingerprint density at radius 2 is 1.79 bits per heavy atom. The van der Waals surface area contributed by atoms with E-state index in [0.717, 1.165) is 49.1 Å². The molecule has 0 saturated carbocycles. The predicted octanol–water partition coefficient (Wildman–Crippen LogP) is 3.22. The van der Waals surface area contributed by atoms with Crippen LogP contribution in [0.5, 0.6) is 17.2 Å². The first-order valence-electron chi connectivity index (χ1n) is 9.48. The second-order valence-corrected chi connectivity index (χ2v) is 6.35. The third-order valence-electron chi connectivity index (χ3n) is 4.37. The van der Waals surface area contributed by atoms with E-state index in [1.807, 2.05) is 49.5 Å². The van der Waals surface area contributed by atoms with E-state index in [4.69, 9.17) is 14.2 Å². The molecular weight excluding hydrogens is 354 g/mol. The Bertz CT molecular complexity index is 735. The van der Waals surface area contributed by atoms with Crippen LogP contribution in [0.4, 0.5) is 0 Å². The summed E-state index contributed by atoms with van der Waals surface area (Å²) in [6, 6.07) is 15.9. The molecule has 0 atom stereocenters. The molecule has 0 heterocycles. The Labute approximate surface area is 168 Å². The van der Waals surface area contributed by atoms with Crippen molar-refractivity contribution in [2.45, 2.75) is 12.8 Å². The number of para-hydroxylation sites is 1. The van der Waals surface area contributed by atoms with Crippen LogP contribution in [0.3, 0.4) is 0 Å². The number of rotatable bonds is 10. The molecule has 0 amide bonds. The number of methoxy groups -OCH3 is 2. The fraction of sp³-hybridized carbons (Fsp3) is 0.409. The summed E-state index contributed by atoms with van der Waals surface area (Å²) >= 11 is 0. The molecular formula is C22H31N3O3. The highest BCUT2D eigenvalue weighted by atomic mass is 16.5. The highest BCUT2D eigenvalue weighted by molar-refractivity contribution is 5.79. The first-order valence-corrected chi connectivity index (χ1v) is 9.48. The van der Waals surface area contributed by atoms with Crippen molar-refractivity contribution in [1.82, 2.24) is 10.2 Å². The summed E-state index contributed by atoms with van der Waals surface area (Å²) in [6.07, 6.45) is 1.78. The largest absolute Gasteiger partial charge is 0.494 e. The zero-order chi connectivity index (χ0) is 20.2. The Hall–Kier alpha value is -2.89. The molecule has 0 spiro atoms. The second-order valence-electron chi connectivity index (χ2n) is 6.35. The fourth-order valence-electron chi connectivity index (χ4n) is 2.80. The minimum absolute atomic E-state index is 0.670. The first kappa shape index (κ1) is 21.4. The van der Waals surface area contributed by atoms with Crippen molar-refractivity contribution < 1.29 is 14.2 Å². The quantitative estimate of drug-likeness (QED) is 0.387. The molecule has 0 aromatic heterocycles. The number of guanidine groups is 1. The maximum atomic E-state index is 5.71. The van der Waals surface area contributed by atoms with Crippen LogP contribution >= 0.6 is 0 Å². The fourth-order valence-corrected chi connectivity index (χ4v) is 2.80. The van der Waals surface area contributed by atoms with Gasteiger partial charge in [0, 0.05) is 27.2 Å². The van der Waals surface area contributed by atoms with Crippen LogP contribution in [0.25, 0.3) is 0 Å². The monoisotopic (exact) mass is 385 g/mol. The van der Waals surface area contributed by atoms with Gasteiger partial charge in [0.2, 0.25) is 0 Å². The number of aliphatic imine (C=N–C) groups is 1. The summed E-state index contributed by atoms with van der Waals surface area (Å²) in [4.78, 5) is 6.48. The van der Waals surface area contributed by atoms with E-state index in [0.29, 0.717) is 6.61 Å². The van der Waals surface area contributed by atoms with Gasteiger partial charge >= 0.3 is 0 Å². The number of nitrogens with zero attached hydrogens (tertiary/aromatic N) is 2. The number of nitrogens with one attached hydrogen (secondary N) is 1. The van der Waals surface area contributed by atoms with E-state index in [9.17, 15) is 0 Å². The molecule has 0 bridgehead atoms. The average molecular weight is 386 g/mol. The smallest absolute Gasteiger partial charge is 0.193 e. The molecule has 2 aromatic rings. The van der Waals surface area contributed by atoms with Gasteiger partial charge in [-0.05, 0) is 42.7 Å². The molecule has 0 saturated heterocycles. The van der Waals surface area contributed by atoms with Gasteiger partial charge in [0.25, 0.3) is 0 Å². The molecule has 6 heteroatoms. The lowest BCUT2D eigenvalue weighted by molar-refractivity contribution is 0.310. The third kappa shape index (κ3) is 6.68. The van der Waals surface area contributed by atoms with Gasteiger partial charge in [0.15, 0.2) is 17.5 Å². The molecule has 0 aliphatic rings. The van der Waals surface area contributed by atoms with Gasteiger partial charge in [-0.3, -0.25) is 4.99 Å². The Morgan fingerprint density at radius 1 is 1.04 bits per heavy atom. The molecule has 0 aliphatic heterocycles. The Balaban J connectivity index is 1.73. The SMILES string of the molecule is CN=C(NCCCOc1ccccc1)N(C)CCc1ccc(OC)c(OC)c1. The van der Waals surface area contributed by atoms with Crippen LogP contribution in [0.2, 0.25) is 0 Å². The standard InChI is InChI=1S/C22H31N3O3/c1-23-22(24-14-8-16-28-19-9-6-5-7-10-19)25(2)15-13-18-11-12-20(26-3)21(17-18)27-4/h5-7,9-12,17H,8,13-16H2,1-4H3,(H,23,24). The summed E-state index contributed by atoms with van der Waals surface area (Å²) in [5, 5.41) is 3.38. The molecule has 2 rings (SSSR count). The predicted molar refractivity (Wildman–Crippen MR) is 114 cm³/mol. The van der Waals surface area contributed by atoms with Gasteiger partial charge in [-0.25, -0.2) is 0 Å². The topological polar surface area (TPSA) is 55.3 Å². The van der Waals surface area contributed by atoms with Crippen LogP contribution < -0.4 is 19.5 Å². The lowest BCUT2D eigenvalue weighted by Gasteiger charge is -2.22. The summed E-state index contributed by atoms with van der Waals surface area (Å²) in [5.74, 6) is 3.28. The lowest BCUT2D eigenvalue weighted by Crippen LogP contribution is -2.40. The summed E-state index contributed by atoms with van der Waals surface area (Å²) in [6.45, 7) is 2.32. The Kier molecular flexibility index (Phi) is 8.98. The highest BCUT2D eigenvalue weighted by Gasteiger charge is 2.08. The third-order valence-corrected chi connectivity index (χ3v) is 4.37. The normalized spacial score (nSPS) is 11.1. The van der Waals surface area contributed by atoms with Gasteiger partial charge < -0.3 is 24.4 Å². The van der Waals surface area contributed by atoms with Crippen LogP contribution in [0.1, 0.15) is 12.0 Å². The molecule has 152 valence electrons. The number of benzene rings is 2. The summed E-state index contributed by atoms with van der Waals surface area (Å²) < 4.78 is 16.4. The van der Waals surface area contributed by atoms with Crippen molar-refractivity contribution >= 4 is 5.96 Å². The van der Waals surface area contributed by atoms with Crippen LogP contribution in [-0.2, 0) is 6.42 Å². The first-order chi connectivity index (χ1) is 13.7. The van der Waals surface area contributed by atoms with Crippen molar-refractivity contribution in [3.8, 4) is 17.2 Å². The number of hydrogen-bond donors (Lipinski definition) is 1. The zero-order valence-electron chi connectivity index (χ0n) is 17.3. The van der Waals surface area contributed by atoms with Crippen molar-refractivity contribution in [2.75, 3.05) is 48.0 Å². The van der Waals surface area contributed by atoms with E-state index in [2.05, 4.69) is 21.3 Å². The Morgan fingerprint density at radius 3 is 2.46 bits per heavy atom. The number of likely N-dealkylation sites (N-methyl/N-ethyl adjacent to an activating group) is 1. The maximum Gasteiger partial charge on any atom is 0.193 e. The molecule has 0 unspecified atom stereocenters. The zero-order valence-corrected chi connectivity index (χ0v) is 17.3. The van der Waals surface area contributed by atoms with Gasteiger partial charge in [-0.2, -0.15) is 0 Å². The minimum Gasteiger partial charge on any atom is -0.494 e. The number of ether oxygens (including phenoxy) is 3. The molecule has 2 aromatic carbocycles. The van der Waals surface area contributed by atoms with E-state index < -0.39 is 0 Å². The van der Waals surface area contributed by atoms with Crippen LogP contribution in [0.15, 0.2) is 53.5 Å².